The molecular formula is C18H18N4O2. The molecule has 0 spiro atoms. The summed E-state index contributed by atoms with van der Waals surface area (Å²) in [5.74, 6) is 0.673. The smallest absolute Gasteiger partial charge is 0.268 e. The molecule has 0 saturated heterocycles. The highest BCUT2D eigenvalue weighted by Crippen LogP contribution is 2.35. The Hall–Kier alpha value is -3.25. The van der Waals surface area contributed by atoms with Gasteiger partial charge in [0.05, 0.1) is 6.61 Å². The molecule has 0 aliphatic heterocycles. The number of hydrogen-bond acceptors (Lipinski definition) is 5. The number of nitrogen functional groups attached to an aromatic ring is 1. The van der Waals surface area contributed by atoms with Crippen molar-refractivity contribution in [3.05, 3.63) is 44.7 Å². The third kappa shape index (κ3) is 2.95. The summed E-state index contributed by atoms with van der Waals surface area (Å²) in [6, 6.07) is 7.54. The average molecular weight is 322 g/mol. The Bertz CT molecular complexity index is 907. The molecule has 0 bridgehead atoms. The molecule has 1 heterocycles. The van der Waals surface area contributed by atoms with Crippen LogP contribution in [0, 0.1) is 36.5 Å². The summed E-state index contributed by atoms with van der Waals surface area (Å²) in [4.78, 5) is 14.4. The molecule has 6 heteroatoms. The minimum atomic E-state index is -0.603. The molecule has 0 amide bonds. The van der Waals surface area contributed by atoms with Gasteiger partial charge in [-0.05, 0) is 49.1 Å². The standard InChI is InChI=1S/C18H18N4O2/c1-4-5-24-12-6-10(2)15(11(3)7-12)16-13(8-19)17(21)22-18(23)14(16)9-20/h6-7H,4-5H2,1-3H3,(H3,21,22,23). The molecule has 0 unspecified atom stereocenters. The van der Waals surface area contributed by atoms with Crippen LogP contribution in [0.5, 0.6) is 5.75 Å². The molecule has 0 radical (unpaired) electrons. The monoisotopic (exact) mass is 322 g/mol. The van der Waals surface area contributed by atoms with E-state index in [0.29, 0.717) is 17.9 Å². The molecule has 0 aliphatic carbocycles. The Morgan fingerprint density at radius 2 is 1.71 bits per heavy atom. The van der Waals surface area contributed by atoms with Gasteiger partial charge < -0.3 is 15.5 Å². The predicted octanol–water partition coefficient (Wildman–Crippen LogP) is 2.77. The maximum absolute atomic E-state index is 12.1. The van der Waals surface area contributed by atoms with E-state index in [2.05, 4.69) is 4.98 Å². The fraction of sp³-hybridized carbons (Fsp3) is 0.278. The Balaban J connectivity index is 2.81. The quantitative estimate of drug-likeness (QED) is 0.898. The van der Waals surface area contributed by atoms with Crippen LogP contribution in [0.1, 0.15) is 35.6 Å². The highest BCUT2D eigenvalue weighted by Gasteiger charge is 2.21. The van der Waals surface area contributed by atoms with E-state index in [1.807, 2.05) is 45.0 Å². The second-order valence-electron chi connectivity index (χ2n) is 5.50. The summed E-state index contributed by atoms with van der Waals surface area (Å²) >= 11 is 0. The molecule has 6 nitrogen and oxygen atoms in total. The van der Waals surface area contributed by atoms with E-state index >= 15 is 0 Å². The van der Waals surface area contributed by atoms with E-state index in [0.717, 1.165) is 17.5 Å². The summed E-state index contributed by atoms with van der Waals surface area (Å²) in [5, 5.41) is 18.8. The van der Waals surface area contributed by atoms with Crippen LogP contribution in [-0.2, 0) is 0 Å². The number of H-pyrrole nitrogens is 1. The van der Waals surface area contributed by atoms with Crippen LogP contribution in [0.3, 0.4) is 0 Å². The third-order valence-electron chi connectivity index (χ3n) is 3.70. The Labute approximate surface area is 140 Å². The van der Waals surface area contributed by atoms with Crippen LogP contribution in [0.15, 0.2) is 16.9 Å². The number of aromatic amines is 1. The maximum atomic E-state index is 12.1. The topological polar surface area (TPSA) is 116 Å². The van der Waals surface area contributed by atoms with Crippen molar-refractivity contribution >= 4 is 5.82 Å². The van der Waals surface area contributed by atoms with Gasteiger partial charge in [0, 0.05) is 5.56 Å². The van der Waals surface area contributed by atoms with E-state index in [1.54, 1.807) is 0 Å². The zero-order valence-electron chi connectivity index (χ0n) is 13.9. The van der Waals surface area contributed by atoms with Crippen molar-refractivity contribution in [2.24, 2.45) is 0 Å². The molecule has 2 rings (SSSR count). The molecule has 0 saturated carbocycles. The van der Waals surface area contributed by atoms with Gasteiger partial charge in [0.2, 0.25) is 0 Å². The van der Waals surface area contributed by atoms with Crippen molar-refractivity contribution < 1.29 is 4.74 Å². The van der Waals surface area contributed by atoms with Crippen LogP contribution >= 0.6 is 0 Å². The van der Waals surface area contributed by atoms with E-state index in [1.165, 1.54) is 0 Å². The van der Waals surface area contributed by atoms with Crippen LogP contribution in [0.4, 0.5) is 5.82 Å². The summed E-state index contributed by atoms with van der Waals surface area (Å²) in [7, 11) is 0. The Morgan fingerprint density at radius 1 is 1.12 bits per heavy atom. The van der Waals surface area contributed by atoms with Crippen molar-refractivity contribution in [1.29, 1.82) is 10.5 Å². The van der Waals surface area contributed by atoms with Crippen molar-refractivity contribution in [1.82, 2.24) is 4.98 Å². The lowest BCUT2D eigenvalue weighted by atomic mass is 9.90. The lowest BCUT2D eigenvalue weighted by molar-refractivity contribution is 0.317. The number of nitrogens with one attached hydrogen (secondary N) is 1. The number of nitrogens with two attached hydrogens (primary N) is 1. The molecule has 0 fully saturated rings. The van der Waals surface area contributed by atoms with Crippen LogP contribution in [0.25, 0.3) is 11.1 Å². The third-order valence-corrected chi connectivity index (χ3v) is 3.70. The van der Waals surface area contributed by atoms with Gasteiger partial charge >= 0.3 is 0 Å². The van der Waals surface area contributed by atoms with Gasteiger partial charge in [-0.3, -0.25) is 4.79 Å². The van der Waals surface area contributed by atoms with Crippen LogP contribution in [0.2, 0.25) is 0 Å². The number of nitriles is 2. The zero-order valence-corrected chi connectivity index (χ0v) is 13.9. The predicted molar refractivity (Wildman–Crippen MR) is 91.6 cm³/mol. The second-order valence-corrected chi connectivity index (χ2v) is 5.50. The lowest BCUT2D eigenvalue weighted by Gasteiger charge is -2.16. The first-order valence-electron chi connectivity index (χ1n) is 7.54. The molecule has 1 aromatic heterocycles. The molecule has 0 atom stereocenters. The van der Waals surface area contributed by atoms with Gasteiger partial charge in [0.15, 0.2) is 0 Å². The molecule has 2 aromatic rings. The molecule has 3 N–H and O–H groups in total. The van der Waals surface area contributed by atoms with E-state index < -0.39 is 5.56 Å². The van der Waals surface area contributed by atoms with E-state index in [9.17, 15) is 15.3 Å². The summed E-state index contributed by atoms with van der Waals surface area (Å²) in [6.07, 6.45) is 0.890. The highest BCUT2D eigenvalue weighted by molar-refractivity contribution is 5.84. The molecule has 0 aliphatic rings. The van der Waals surface area contributed by atoms with Gasteiger partial charge in [0.25, 0.3) is 5.56 Å². The minimum absolute atomic E-state index is 0.0402. The largest absolute Gasteiger partial charge is 0.494 e. The first kappa shape index (κ1) is 17.1. The SMILES string of the molecule is CCCOc1cc(C)c(-c2c(C#N)c(N)[nH]c(=O)c2C#N)c(C)c1. The number of aromatic nitrogens is 1. The van der Waals surface area contributed by atoms with Crippen molar-refractivity contribution in [2.75, 3.05) is 12.3 Å². The number of aryl methyl sites for hydroxylation is 2. The Kier molecular flexibility index (Phi) is 4.91. The van der Waals surface area contributed by atoms with Gasteiger partial charge in [-0.15, -0.1) is 0 Å². The average Bonchev–Trinajstić information content (AvgIpc) is 2.52. The number of pyridine rings is 1. The fourth-order valence-corrected chi connectivity index (χ4v) is 2.71. The van der Waals surface area contributed by atoms with Crippen molar-refractivity contribution in [3.63, 3.8) is 0 Å². The summed E-state index contributed by atoms with van der Waals surface area (Å²) in [5.41, 5.74) is 7.70. The van der Waals surface area contributed by atoms with Crippen LogP contribution < -0.4 is 16.0 Å². The Morgan fingerprint density at radius 3 is 2.21 bits per heavy atom. The molecule has 24 heavy (non-hydrogen) atoms. The van der Waals surface area contributed by atoms with Gasteiger partial charge in [0.1, 0.15) is 34.8 Å². The van der Waals surface area contributed by atoms with Gasteiger partial charge in [-0.25, -0.2) is 0 Å². The fourth-order valence-electron chi connectivity index (χ4n) is 2.71. The van der Waals surface area contributed by atoms with Crippen molar-refractivity contribution in [2.45, 2.75) is 27.2 Å². The number of ether oxygens (including phenoxy) is 1. The maximum Gasteiger partial charge on any atom is 0.268 e. The number of benzene rings is 1. The van der Waals surface area contributed by atoms with Crippen molar-refractivity contribution in [3.8, 4) is 29.0 Å². The van der Waals surface area contributed by atoms with Gasteiger partial charge in [-0.2, -0.15) is 10.5 Å². The number of anilines is 1. The normalized spacial score (nSPS) is 10.0. The van der Waals surface area contributed by atoms with E-state index in [4.69, 9.17) is 10.5 Å². The zero-order chi connectivity index (χ0) is 17.9. The summed E-state index contributed by atoms with van der Waals surface area (Å²) < 4.78 is 5.65. The first-order chi connectivity index (χ1) is 11.4. The minimum Gasteiger partial charge on any atom is -0.494 e. The number of rotatable bonds is 4. The highest BCUT2D eigenvalue weighted by atomic mass is 16.5. The first-order valence-corrected chi connectivity index (χ1v) is 7.54. The van der Waals surface area contributed by atoms with Gasteiger partial charge in [-0.1, -0.05) is 6.92 Å². The number of nitrogens with zero attached hydrogens (tertiary/aromatic N) is 2. The molecule has 1 aromatic carbocycles. The second kappa shape index (κ2) is 6.89. The van der Waals surface area contributed by atoms with Crippen LogP contribution in [-0.4, -0.2) is 11.6 Å². The summed E-state index contributed by atoms with van der Waals surface area (Å²) in [6.45, 7) is 6.32. The van der Waals surface area contributed by atoms with E-state index in [-0.39, 0.29) is 22.5 Å². The molecular weight excluding hydrogens is 304 g/mol. The lowest BCUT2D eigenvalue weighted by Crippen LogP contribution is -2.17. The number of hydrogen-bond donors (Lipinski definition) is 2. The molecule has 122 valence electrons.